The average molecular weight is 286 g/mol. The Hall–Kier alpha value is -0.980. The van der Waals surface area contributed by atoms with Gasteiger partial charge in [-0.2, -0.15) is 0 Å². The molecule has 106 valence electrons. The number of sulfonamides is 1. The minimum atomic E-state index is -3.61. The molecule has 6 heteroatoms. The topological polar surface area (TPSA) is 58.2 Å². The number of benzene rings is 1. The SMILES string of the molecule is Cc1ccc(S(=O)(=O)NCC[C@H]2CCCN2)cc1F. The van der Waals surface area contributed by atoms with Crippen LogP contribution in [0.3, 0.4) is 0 Å². The molecule has 0 bridgehead atoms. The van der Waals surface area contributed by atoms with Gasteiger partial charge in [-0.3, -0.25) is 0 Å². The zero-order chi connectivity index (χ0) is 13.9. The van der Waals surface area contributed by atoms with Crippen LogP contribution in [0, 0.1) is 12.7 Å². The number of hydrogen-bond acceptors (Lipinski definition) is 3. The zero-order valence-electron chi connectivity index (χ0n) is 10.9. The van der Waals surface area contributed by atoms with Crippen LogP contribution in [0.1, 0.15) is 24.8 Å². The molecule has 1 heterocycles. The van der Waals surface area contributed by atoms with Gasteiger partial charge in [0.15, 0.2) is 0 Å². The first-order valence-electron chi connectivity index (χ1n) is 6.48. The molecule has 0 spiro atoms. The van der Waals surface area contributed by atoms with Crippen LogP contribution in [0.5, 0.6) is 0 Å². The normalized spacial score (nSPS) is 19.8. The monoisotopic (exact) mass is 286 g/mol. The van der Waals surface area contributed by atoms with Crippen LogP contribution in [0.2, 0.25) is 0 Å². The maximum absolute atomic E-state index is 13.4. The molecule has 19 heavy (non-hydrogen) atoms. The van der Waals surface area contributed by atoms with Crippen LogP contribution in [0.25, 0.3) is 0 Å². The molecule has 0 unspecified atom stereocenters. The third-order valence-electron chi connectivity index (χ3n) is 3.40. The van der Waals surface area contributed by atoms with Gasteiger partial charge in [-0.15, -0.1) is 0 Å². The average Bonchev–Trinajstić information content (AvgIpc) is 2.85. The minimum absolute atomic E-state index is 0.0185. The Balaban J connectivity index is 1.95. The summed E-state index contributed by atoms with van der Waals surface area (Å²) >= 11 is 0. The van der Waals surface area contributed by atoms with Crippen molar-refractivity contribution in [3.8, 4) is 0 Å². The molecule has 0 radical (unpaired) electrons. The van der Waals surface area contributed by atoms with E-state index in [2.05, 4.69) is 10.0 Å². The fraction of sp³-hybridized carbons (Fsp3) is 0.538. The second-order valence-corrected chi connectivity index (χ2v) is 6.66. The lowest BCUT2D eigenvalue weighted by Crippen LogP contribution is -2.30. The molecule has 0 aromatic heterocycles. The lowest BCUT2D eigenvalue weighted by atomic mass is 10.2. The summed E-state index contributed by atoms with van der Waals surface area (Å²) < 4.78 is 39.8. The highest BCUT2D eigenvalue weighted by Gasteiger charge is 2.17. The van der Waals surface area contributed by atoms with Crippen LogP contribution in [0.15, 0.2) is 23.1 Å². The molecule has 0 aliphatic carbocycles. The number of halogens is 1. The fourth-order valence-electron chi connectivity index (χ4n) is 2.19. The van der Waals surface area contributed by atoms with Gasteiger partial charge in [0.2, 0.25) is 10.0 Å². The van der Waals surface area contributed by atoms with Crippen LogP contribution in [0.4, 0.5) is 4.39 Å². The molecule has 4 nitrogen and oxygen atoms in total. The van der Waals surface area contributed by atoms with Gasteiger partial charge in [-0.1, -0.05) is 6.07 Å². The molecule has 1 fully saturated rings. The number of aryl methyl sites for hydroxylation is 1. The van der Waals surface area contributed by atoms with Crippen molar-refractivity contribution in [2.24, 2.45) is 0 Å². The molecule has 2 rings (SSSR count). The van der Waals surface area contributed by atoms with Crippen molar-refractivity contribution >= 4 is 10.0 Å². The first kappa shape index (κ1) is 14.4. The van der Waals surface area contributed by atoms with Crippen molar-refractivity contribution in [2.45, 2.75) is 37.1 Å². The summed E-state index contributed by atoms with van der Waals surface area (Å²) in [6.07, 6.45) is 2.98. The molecule has 1 aliphatic rings. The van der Waals surface area contributed by atoms with Crippen LogP contribution < -0.4 is 10.0 Å². The Bertz CT molecular complexity index is 540. The summed E-state index contributed by atoms with van der Waals surface area (Å²) in [5.41, 5.74) is 0.439. The van der Waals surface area contributed by atoms with Crippen molar-refractivity contribution in [3.63, 3.8) is 0 Å². The molecule has 2 N–H and O–H groups in total. The van der Waals surface area contributed by atoms with E-state index in [-0.39, 0.29) is 4.90 Å². The molecule has 0 saturated carbocycles. The van der Waals surface area contributed by atoms with E-state index in [1.807, 2.05) is 0 Å². The summed E-state index contributed by atoms with van der Waals surface area (Å²) in [7, 11) is -3.61. The van der Waals surface area contributed by atoms with E-state index in [0.717, 1.165) is 31.9 Å². The van der Waals surface area contributed by atoms with Gasteiger partial charge in [-0.05, 0) is 50.4 Å². The fourth-order valence-corrected chi connectivity index (χ4v) is 3.25. The maximum atomic E-state index is 13.4. The molecule has 1 saturated heterocycles. The van der Waals surface area contributed by atoms with Gasteiger partial charge in [-0.25, -0.2) is 17.5 Å². The van der Waals surface area contributed by atoms with Crippen molar-refractivity contribution < 1.29 is 12.8 Å². The Morgan fingerprint density at radius 3 is 2.89 bits per heavy atom. The lowest BCUT2D eigenvalue weighted by molar-refractivity contribution is 0.538. The third kappa shape index (κ3) is 3.75. The minimum Gasteiger partial charge on any atom is -0.314 e. The quantitative estimate of drug-likeness (QED) is 0.863. The van der Waals surface area contributed by atoms with E-state index < -0.39 is 15.8 Å². The molecular formula is C13H19FN2O2S. The molecule has 1 aromatic carbocycles. The second-order valence-electron chi connectivity index (χ2n) is 4.89. The Morgan fingerprint density at radius 2 is 2.26 bits per heavy atom. The number of hydrogen-bond donors (Lipinski definition) is 2. The second kappa shape index (κ2) is 5.98. The molecule has 1 aliphatic heterocycles. The van der Waals surface area contributed by atoms with E-state index in [1.54, 1.807) is 6.92 Å². The van der Waals surface area contributed by atoms with Gasteiger partial charge in [0.05, 0.1) is 4.90 Å². The Morgan fingerprint density at radius 1 is 1.47 bits per heavy atom. The van der Waals surface area contributed by atoms with E-state index >= 15 is 0 Å². The summed E-state index contributed by atoms with van der Waals surface area (Å²) in [5.74, 6) is -0.500. The third-order valence-corrected chi connectivity index (χ3v) is 4.86. The Labute approximate surface area is 113 Å². The highest BCUT2D eigenvalue weighted by atomic mass is 32.2. The standard InChI is InChI=1S/C13H19FN2O2S/c1-10-4-5-12(9-13(10)14)19(17,18)16-8-6-11-3-2-7-15-11/h4-5,9,11,15-16H,2-3,6-8H2,1H3/t11-/m1/s1. The van der Waals surface area contributed by atoms with E-state index in [1.165, 1.54) is 12.1 Å². The van der Waals surface area contributed by atoms with Crippen molar-refractivity contribution in [3.05, 3.63) is 29.6 Å². The van der Waals surface area contributed by atoms with Crippen molar-refractivity contribution in [2.75, 3.05) is 13.1 Å². The molecular weight excluding hydrogens is 267 g/mol. The van der Waals surface area contributed by atoms with Crippen LogP contribution in [-0.2, 0) is 10.0 Å². The van der Waals surface area contributed by atoms with Crippen molar-refractivity contribution in [1.82, 2.24) is 10.0 Å². The lowest BCUT2D eigenvalue weighted by Gasteiger charge is -2.11. The predicted octanol–water partition coefficient (Wildman–Crippen LogP) is 1.55. The maximum Gasteiger partial charge on any atom is 0.240 e. The number of rotatable bonds is 5. The summed E-state index contributed by atoms with van der Waals surface area (Å²) in [6, 6.07) is 4.35. The van der Waals surface area contributed by atoms with Gasteiger partial charge in [0, 0.05) is 12.6 Å². The number of nitrogens with one attached hydrogen (secondary N) is 2. The molecule has 1 aromatic rings. The highest BCUT2D eigenvalue weighted by molar-refractivity contribution is 7.89. The van der Waals surface area contributed by atoms with Gasteiger partial charge in [0.25, 0.3) is 0 Å². The van der Waals surface area contributed by atoms with Gasteiger partial charge >= 0.3 is 0 Å². The van der Waals surface area contributed by atoms with Crippen LogP contribution >= 0.6 is 0 Å². The van der Waals surface area contributed by atoms with Crippen LogP contribution in [-0.4, -0.2) is 27.5 Å². The van der Waals surface area contributed by atoms with E-state index in [9.17, 15) is 12.8 Å². The Kier molecular flexibility index (Phi) is 4.54. The zero-order valence-corrected chi connectivity index (χ0v) is 11.8. The highest BCUT2D eigenvalue weighted by Crippen LogP contribution is 2.14. The summed E-state index contributed by atoms with van der Waals surface area (Å²) in [5, 5.41) is 3.30. The first-order chi connectivity index (χ1) is 8.99. The van der Waals surface area contributed by atoms with Gasteiger partial charge in [0.1, 0.15) is 5.82 Å². The molecule has 1 atom stereocenters. The predicted molar refractivity (Wildman–Crippen MR) is 72.0 cm³/mol. The largest absolute Gasteiger partial charge is 0.314 e. The van der Waals surface area contributed by atoms with Crippen molar-refractivity contribution in [1.29, 1.82) is 0 Å². The van der Waals surface area contributed by atoms with E-state index in [4.69, 9.17) is 0 Å². The summed E-state index contributed by atoms with van der Waals surface area (Å²) in [6.45, 7) is 2.97. The molecule has 0 amide bonds. The van der Waals surface area contributed by atoms with E-state index in [0.29, 0.717) is 18.2 Å². The van der Waals surface area contributed by atoms with Gasteiger partial charge < -0.3 is 5.32 Å². The smallest absolute Gasteiger partial charge is 0.240 e. The summed E-state index contributed by atoms with van der Waals surface area (Å²) in [4.78, 5) is -0.0185. The first-order valence-corrected chi connectivity index (χ1v) is 7.96.